The largest absolute Gasteiger partial charge is 0.465 e. The Balaban J connectivity index is 0.00000144. The van der Waals surface area contributed by atoms with Gasteiger partial charge in [0.15, 0.2) is 0 Å². The Morgan fingerprint density at radius 1 is 1.75 bits per heavy atom. The van der Waals surface area contributed by atoms with Crippen molar-refractivity contribution in [2.45, 2.75) is 6.42 Å². The Labute approximate surface area is 71.7 Å². The summed E-state index contributed by atoms with van der Waals surface area (Å²) in [6.45, 7) is 0.432. The minimum Gasteiger partial charge on any atom is -0.465 e. The number of rotatable bonds is 3. The number of carboxylic acid groups (broad SMARTS) is 1. The molecule has 1 rings (SSSR count). The normalized spacial score (nSPS) is 9.33. The van der Waals surface area contributed by atoms with E-state index in [4.69, 9.17) is 5.11 Å². The zero-order chi connectivity index (χ0) is 8.81. The maximum atomic E-state index is 10.1. The average molecular weight is 168 g/mol. The van der Waals surface area contributed by atoms with Crippen LogP contribution < -0.4 is 5.32 Å². The van der Waals surface area contributed by atoms with E-state index in [-0.39, 0.29) is 1.43 Å². The van der Waals surface area contributed by atoms with Crippen LogP contribution in [0.15, 0.2) is 24.5 Å². The Morgan fingerprint density at radius 3 is 3.17 bits per heavy atom. The summed E-state index contributed by atoms with van der Waals surface area (Å²) in [6.07, 6.45) is 3.11. The van der Waals surface area contributed by atoms with Crippen LogP contribution in [0.25, 0.3) is 0 Å². The van der Waals surface area contributed by atoms with Crippen LogP contribution in [0.4, 0.5) is 4.79 Å². The van der Waals surface area contributed by atoms with Crippen molar-refractivity contribution in [3.05, 3.63) is 30.1 Å². The van der Waals surface area contributed by atoms with Gasteiger partial charge in [0.25, 0.3) is 0 Å². The molecular weight excluding hydrogens is 156 g/mol. The molecule has 12 heavy (non-hydrogen) atoms. The van der Waals surface area contributed by atoms with Crippen molar-refractivity contribution < 1.29 is 11.3 Å². The Bertz CT molecular complexity index is 254. The van der Waals surface area contributed by atoms with Gasteiger partial charge in [0.1, 0.15) is 0 Å². The van der Waals surface area contributed by atoms with Crippen LogP contribution in [-0.4, -0.2) is 22.7 Å². The smallest absolute Gasteiger partial charge is 0.404 e. The molecule has 0 spiro atoms. The van der Waals surface area contributed by atoms with Crippen LogP contribution in [0.1, 0.15) is 6.99 Å². The highest BCUT2D eigenvalue weighted by atomic mass is 16.4. The first-order valence-electron chi connectivity index (χ1n) is 3.65. The van der Waals surface area contributed by atoms with E-state index in [1.807, 2.05) is 12.1 Å². The number of nitrogens with one attached hydrogen (secondary N) is 1. The molecule has 1 amide bonds. The quantitative estimate of drug-likeness (QED) is 0.711. The Morgan fingerprint density at radius 2 is 2.58 bits per heavy atom. The Kier molecular flexibility index (Phi) is 3.07. The molecule has 0 unspecified atom stereocenters. The SMILES string of the molecule is O=C(O)NCCc1cccnc1.[HH]. The molecule has 0 saturated carbocycles. The fraction of sp³-hybridized carbons (Fsp3) is 0.250. The fourth-order valence-corrected chi connectivity index (χ4v) is 0.860. The van der Waals surface area contributed by atoms with E-state index >= 15 is 0 Å². The highest BCUT2D eigenvalue weighted by Crippen LogP contribution is 1.94. The molecule has 1 aromatic heterocycles. The number of carbonyl (C=O) groups is 1. The highest BCUT2D eigenvalue weighted by Gasteiger charge is 1.94. The van der Waals surface area contributed by atoms with Crippen LogP contribution in [0.3, 0.4) is 0 Å². The summed E-state index contributed by atoms with van der Waals surface area (Å²) in [7, 11) is 0. The first kappa shape index (κ1) is 8.52. The fourth-order valence-electron chi connectivity index (χ4n) is 0.860. The highest BCUT2D eigenvalue weighted by molar-refractivity contribution is 5.64. The summed E-state index contributed by atoms with van der Waals surface area (Å²) in [6, 6.07) is 3.74. The molecule has 0 aliphatic rings. The molecule has 1 aromatic rings. The maximum Gasteiger partial charge on any atom is 0.404 e. The summed E-state index contributed by atoms with van der Waals surface area (Å²) >= 11 is 0. The van der Waals surface area contributed by atoms with E-state index in [1.54, 1.807) is 12.4 Å². The maximum absolute atomic E-state index is 10.1. The van der Waals surface area contributed by atoms with Crippen molar-refractivity contribution in [3.63, 3.8) is 0 Å². The van der Waals surface area contributed by atoms with E-state index < -0.39 is 6.09 Å². The lowest BCUT2D eigenvalue weighted by Crippen LogP contribution is -2.23. The zero-order valence-electron chi connectivity index (χ0n) is 6.53. The van der Waals surface area contributed by atoms with Crippen LogP contribution >= 0.6 is 0 Å². The molecule has 0 fully saturated rings. The number of hydrogen-bond donors (Lipinski definition) is 2. The molecule has 0 aromatic carbocycles. The molecular formula is C8H12N2O2. The predicted octanol–water partition coefficient (Wildman–Crippen LogP) is 1.14. The number of pyridine rings is 1. The second kappa shape index (κ2) is 4.33. The molecule has 0 saturated heterocycles. The van der Waals surface area contributed by atoms with Gasteiger partial charge in [0, 0.05) is 20.4 Å². The van der Waals surface area contributed by atoms with Crippen LogP contribution in [0.2, 0.25) is 0 Å². The van der Waals surface area contributed by atoms with Gasteiger partial charge >= 0.3 is 6.09 Å². The second-order valence-electron chi connectivity index (χ2n) is 2.34. The van der Waals surface area contributed by atoms with Gasteiger partial charge in [-0.15, -0.1) is 0 Å². The van der Waals surface area contributed by atoms with E-state index in [0.717, 1.165) is 5.56 Å². The minimum atomic E-state index is -0.987. The van der Waals surface area contributed by atoms with E-state index in [9.17, 15) is 4.79 Å². The standard InChI is InChI=1S/C8H10N2O2.H2/c11-8(12)10-5-3-7-2-1-4-9-6-7;/h1-2,4,6,10H,3,5H2,(H,11,12);1H. The van der Waals surface area contributed by atoms with Crippen molar-refractivity contribution in [3.8, 4) is 0 Å². The predicted molar refractivity (Wildman–Crippen MR) is 46.1 cm³/mol. The first-order valence-corrected chi connectivity index (χ1v) is 3.65. The molecule has 0 bridgehead atoms. The summed E-state index contributed by atoms with van der Waals surface area (Å²) in [5.41, 5.74) is 1.03. The summed E-state index contributed by atoms with van der Waals surface area (Å²) in [5, 5.41) is 10.5. The van der Waals surface area contributed by atoms with Gasteiger partial charge in [-0.2, -0.15) is 0 Å². The third kappa shape index (κ3) is 3.01. The molecule has 0 aliphatic heterocycles. The van der Waals surface area contributed by atoms with Crippen molar-refractivity contribution in [1.29, 1.82) is 0 Å². The lowest BCUT2D eigenvalue weighted by Gasteiger charge is -1.99. The molecule has 0 radical (unpaired) electrons. The van der Waals surface area contributed by atoms with Crippen LogP contribution in [0, 0.1) is 0 Å². The molecule has 0 aliphatic carbocycles. The molecule has 1 heterocycles. The third-order valence-electron chi connectivity index (χ3n) is 1.41. The lowest BCUT2D eigenvalue weighted by molar-refractivity contribution is 0.194. The van der Waals surface area contributed by atoms with Gasteiger partial charge in [-0.05, 0) is 18.1 Å². The van der Waals surface area contributed by atoms with Crippen molar-refractivity contribution in [2.24, 2.45) is 0 Å². The van der Waals surface area contributed by atoms with Gasteiger partial charge in [-0.3, -0.25) is 4.98 Å². The van der Waals surface area contributed by atoms with Gasteiger partial charge in [0.05, 0.1) is 0 Å². The molecule has 4 nitrogen and oxygen atoms in total. The average Bonchev–Trinajstić information content (AvgIpc) is 2.05. The van der Waals surface area contributed by atoms with Gasteiger partial charge in [-0.25, -0.2) is 4.79 Å². The number of aromatic nitrogens is 1. The van der Waals surface area contributed by atoms with Gasteiger partial charge in [-0.1, -0.05) is 6.07 Å². The lowest BCUT2D eigenvalue weighted by atomic mass is 10.2. The first-order chi connectivity index (χ1) is 5.79. The molecule has 0 atom stereocenters. The van der Waals surface area contributed by atoms with Gasteiger partial charge in [0.2, 0.25) is 0 Å². The summed E-state index contributed by atoms with van der Waals surface area (Å²) in [5.74, 6) is 0. The third-order valence-corrected chi connectivity index (χ3v) is 1.41. The Hall–Kier alpha value is -1.58. The number of hydrogen-bond acceptors (Lipinski definition) is 2. The van der Waals surface area contributed by atoms with Crippen molar-refractivity contribution in [2.75, 3.05) is 6.54 Å². The van der Waals surface area contributed by atoms with E-state index in [0.29, 0.717) is 13.0 Å². The zero-order valence-corrected chi connectivity index (χ0v) is 6.53. The van der Waals surface area contributed by atoms with E-state index in [1.165, 1.54) is 0 Å². The van der Waals surface area contributed by atoms with Crippen LogP contribution in [-0.2, 0) is 6.42 Å². The van der Waals surface area contributed by atoms with Crippen molar-refractivity contribution in [1.82, 2.24) is 10.3 Å². The summed E-state index contributed by atoms with van der Waals surface area (Å²) < 4.78 is 0. The second-order valence-corrected chi connectivity index (χ2v) is 2.34. The number of nitrogens with zero attached hydrogens (tertiary/aromatic N) is 1. The molecule has 4 heteroatoms. The molecule has 66 valence electrons. The minimum absolute atomic E-state index is 0. The van der Waals surface area contributed by atoms with E-state index in [2.05, 4.69) is 10.3 Å². The van der Waals surface area contributed by atoms with Gasteiger partial charge < -0.3 is 10.4 Å². The summed E-state index contributed by atoms with van der Waals surface area (Å²) in [4.78, 5) is 14.0. The number of amides is 1. The van der Waals surface area contributed by atoms with Crippen LogP contribution in [0.5, 0.6) is 0 Å². The topological polar surface area (TPSA) is 62.2 Å². The monoisotopic (exact) mass is 168 g/mol. The molecule has 2 N–H and O–H groups in total. The van der Waals surface area contributed by atoms with Crippen molar-refractivity contribution >= 4 is 6.09 Å².